The predicted octanol–water partition coefficient (Wildman–Crippen LogP) is 3.53. The summed E-state index contributed by atoms with van der Waals surface area (Å²) < 4.78 is 5.46. The summed E-state index contributed by atoms with van der Waals surface area (Å²) in [7, 11) is 0. The van der Waals surface area contributed by atoms with Crippen molar-refractivity contribution in [3.63, 3.8) is 0 Å². The summed E-state index contributed by atoms with van der Waals surface area (Å²) in [6, 6.07) is 9.06. The maximum Gasteiger partial charge on any atom is 0.119 e. The Morgan fingerprint density at radius 2 is 2.17 bits per heavy atom. The van der Waals surface area contributed by atoms with Crippen molar-refractivity contribution in [2.45, 2.75) is 38.8 Å². The van der Waals surface area contributed by atoms with Crippen LogP contribution in [0.3, 0.4) is 0 Å². The van der Waals surface area contributed by atoms with Crippen LogP contribution in [-0.4, -0.2) is 12.6 Å². The monoisotopic (exact) mass is 245 g/mol. The zero-order valence-electron chi connectivity index (χ0n) is 11.2. The van der Waals surface area contributed by atoms with Crippen molar-refractivity contribution in [2.24, 2.45) is 5.92 Å². The maximum atomic E-state index is 5.46. The summed E-state index contributed by atoms with van der Waals surface area (Å²) in [5.41, 5.74) is 1.32. The molecule has 1 aromatic rings. The molecule has 18 heavy (non-hydrogen) atoms. The van der Waals surface area contributed by atoms with E-state index < -0.39 is 0 Å². The van der Waals surface area contributed by atoms with Gasteiger partial charge in [0.05, 0.1) is 0 Å². The first-order chi connectivity index (χ1) is 8.83. The van der Waals surface area contributed by atoms with E-state index in [-0.39, 0.29) is 0 Å². The molecule has 0 aromatic heterocycles. The van der Waals surface area contributed by atoms with E-state index in [2.05, 4.69) is 31.0 Å². The standard InChI is InChI=1S/C16H23NO/c1-3-5-14-11-16(14)17-12-13-6-8-15(9-7-13)18-10-4-2/h4,6-9,14,16-17H,2-3,5,10-12H2,1H3. The lowest BCUT2D eigenvalue weighted by molar-refractivity contribution is 0.363. The molecule has 2 atom stereocenters. The van der Waals surface area contributed by atoms with Crippen LogP contribution in [0.15, 0.2) is 36.9 Å². The van der Waals surface area contributed by atoms with E-state index in [1.807, 2.05) is 12.1 Å². The zero-order chi connectivity index (χ0) is 12.8. The van der Waals surface area contributed by atoms with Gasteiger partial charge in [0.15, 0.2) is 0 Å². The Morgan fingerprint density at radius 1 is 1.39 bits per heavy atom. The normalized spacial score (nSPS) is 21.6. The van der Waals surface area contributed by atoms with Crippen LogP contribution < -0.4 is 10.1 Å². The molecule has 1 fully saturated rings. The number of hydrogen-bond donors (Lipinski definition) is 1. The average molecular weight is 245 g/mol. The van der Waals surface area contributed by atoms with Crippen molar-refractivity contribution >= 4 is 0 Å². The Balaban J connectivity index is 1.72. The van der Waals surface area contributed by atoms with E-state index in [0.717, 1.165) is 24.3 Å². The number of hydrogen-bond acceptors (Lipinski definition) is 2. The van der Waals surface area contributed by atoms with E-state index in [1.54, 1.807) is 6.08 Å². The van der Waals surface area contributed by atoms with Crippen molar-refractivity contribution in [2.75, 3.05) is 6.61 Å². The molecule has 2 rings (SSSR count). The second kappa shape index (κ2) is 6.60. The lowest BCUT2D eigenvalue weighted by atomic mass is 10.2. The Morgan fingerprint density at radius 3 is 2.83 bits per heavy atom. The van der Waals surface area contributed by atoms with Gasteiger partial charge in [-0.05, 0) is 36.5 Å². The maximum absolute atomic E-state index is 5.46. The van der Waals surface area contributed by atoms with Crippen LogP contribution in [-0.2, 0) is 6.54 Å². The van der Waals surface area contributed by atoms with Crippen LogP contribution >= 0.6 is 0 Å². The van der Waals surface area contributed by atoms with E-state index in [0.29, 0.717) is 6.61 Å². The lowest BCUT2D eigenvalue weighted by Crippen LogP contribution is -2.17. The molecule has 98 valence electrons. The molecule has 0 spiro atoms. The topological polar surface area (TPSA) is 21.3 Å². The third-order valence-corrected chi connectivity index (χ3v) is 3.44. The first kappa shape index (κ1) is 13.2. The number of rotatable bonds is 8. The first-order valence-electron chi connectivity index (χ1n) is 6.89. The molecule has 0 heterocycles. The van der Waals surface area contributed by atoms with Gasteiger partial charge in [0.25, 0.3) is 0 Å². The van der Waals surface area contributed by atoms with Crippen LogP contribution in [0.2, 0.25) is 0 Å². The molecule has 0 radical (unpaired) electrons. The molecule has 2 heteroatoms. The van der Waals surface area contributed by atoms with Crippen molar-refractivity contribution in [3.8, 4) is 5.75 Å². The van der Waals surface area contributed by atoms with Gasteiger partial charge in [0.2, 0.25) is 0 Å². The van der Waals surface area contributed by atoms with Crippen LogP contribution in [0.4, 0.5) is 0 Å². The summed E-state index contributed by atoms with van der Waals surface area (Å²) >= 11 is 0. The predicted molar refractivity (Wildman–Crippen MR) is 75.8 cm³/mol. The molecule has 1 aliphatic rings. The number of nitrogens with one attached hydrogen (secondary N) is 1. The van der Waals surface area contributed by atoms with Gasteiger partial charge in [-0.15, -0.1) is 0 Å². The minimum atomic E-state index is 0.568. The molecular weight excluding hydrogens is 222 g/mol. The van der Waals surface area contributed by atoms with Crippen molar-refractivity contribution < 1.29 is 4.74 Å². The highest BCUT2D eigenvalue weighted by Crippen LogP contribution is 2.34. The van der Waals surface area contributed by atoms with Crippen LogP contribution in [0.25, 0.3) is 0 Å². The summed E-state index contributed by atoms with van der Waals surface area (Å²) in [6.45, 7) is 7.43. The average Bonchev–Trinajstić information content (AvgIpc) is 3.14. The summed E-state index contributed by atoms with van der Waals surface area (Å²) in [5, 5.41) is 3.61. The van der Waals surface area contributed by atoms with Crippen LogP contribution in [0, 0.1) is 5.92 Å². The van der Waals surface area contributed by atoms with E-state index >= 15 is 0 Å². The molecule has 0 amide bonds. The lowest BCUT2D eigenvalue weighted by Gasteiger charge is -2.06. The van der Waals surface area contributed by atoms with Gasteiger partial charge < -0.3 is 10.1 Å². The van der Waals surface area contributed by atoms with Gasteiger partial charge in [-0.3, -0.25) is 0 Å². The SMILES string of the molecule is C=CCOc1ccc(CNC2CC2CCC)cc1. The highest BCUT2D eigenvalue weighted by Gasteiger charge is 2.35. The molecule has 0 saturated heterocycles. The summed E-state index contributed by atoms with van der Waals surface area (Å²) in [6.07, 6.45) is 5.79. The molecule has 0 aliphatic heterocycles. The Hall–Kier alpha value is -1.28. The van der Waals surface area contributed by atoms with Crippen molar-refractivity contribution in [3.05, 3.63) is 42.5 Å². The minimum absolute atomic E-state index is 0.568. The Bertz CT molecular complexity index is 371. The second-order valence-electron chi connectivity index (χ2n) is 5.02. The molecule has 0 bridgehead atoms. The molecular formula is C16H23NO. The molecule has 1 aromatic carbocycles. The van der Waals surface area contributed by atoms with Gasteiger partial charge in [0.1, 0.15) is 12.4 Å². The minimum Gasteiger partial charge on any atom is -0.490 e. The Labute approximate surface area is 110 Å². The Kier molecular flexibility index (Phi) is 4.82. The van der Waals surface area contributed by atoms with E-state index in [1.165, 1.54) is 24.8 Å². The number of benzene rings is 1. The summed E-state index contributed by atoms with van der Waals surface area (Å²) in [4.78, 5) is 0. The molecule has 1 N–H and O–H groups in total. The first-order valence-corrected chi connectivity index (χ1v) is 6.89. The van der Waals surface area contributed by atoms with Crippen molar-refractivity contribution in [1.29, 1.82) is 0 Å². The highest BCUT2D eigenvalue weighted by molar-refractivity contribution is 5.27. The smallest absolute Gasteiger partial charge is 0.119 e. The third-order valence-electron chi connectivity index (χ3n) is 3.44. The number of ether oxygens (including phenoxy) is 1. The highest BCUT2D eigenvalue weighted by atomic mass is 16.5. The van der Waals surface area contributed by atoms with E-state index in [4.69, 9.17) is 4.74 Å². The van der Waals surface area contributed by atoms with Crippen molar-refractivity contribution in [1.82, 2.24) is 5.32 Å². The van der Waals surface area contributed by atoms with Gasteiger partial charge in [-0.1, -0.05) is 38.1 Å². The molecule has 2 unspecified atom stereocenters. The fraction of sp³-hybridized carbons (Fsp3) is 0.500. The molecule has 2 nitrogen and oxygen atoms in total. The van der Waals surface area contributed by atoms with Crippen LogP contribution in [0.5, 0.6) is 5.75 Å². The van der Waals surface area contributed by atoms with Gasteiger partial charge in [-0.2, -0.15) is 0 Å². The molecule has 1 aliphatic carbocycles. The van der Waals surface area contributed by atoms with Gasteiger partial charge in [0, 0.05) is 12.6 Å². The second-order valence-corrected chi connectivity index (χ2v) is 5.02. The summed E-state index contributed by atoms with van der Waals surface area (Å²) in [5.74, 6) is 1.83. The quantitative estimate of drug-likeness (QED) is 0.707. The van der Waals surface area contributed by atoms with E-state index in [9.17, 15) is 0 Å². The van der Waals surface area contributed by atoms with Gasteiger partial charge >= 0.3 is 0 Å². The molecule has 1 saturated carbocycles. The zero-order valence-corrected chi connectivity index (χ0v) is 11.2. The fourth-order valence-electron chi connectivity index (χ4n) is 2.30. The fourth-order valence-corrected chi connectivity index (χ4v) is 2.30. The third kappa shape index (κ3) is 3.88. The van der Waals surface area contributed by atoms with Gasteiger partial charge in [-0.25, -0.2) is 0 Å². The van der Waals surface area contributed by atoms with Crippen LogP contribution in [0.1, 0.15) is 31.7 Å². The largest absolute Gasteiger partial charge is 0.490 e.